The molecule has 0 fully saturated rings. The second-order valence-electron chi connectivity index (χ2n) is 3.40. The Morgan fingerprint density at radius 3 is 2.47 bits per heavy atom. The molecule has 0 saturated heterocycles. The number of hydrogen-bond acceptors (Lipinski definition) is 4. The molecule has 5 nitrogen and oxygen atoms in total. The predicted octanol–water partition coefficient (Wildman–Crippen LogP) is 1.16. The third-order valence-corrected chi connectivity index (χ3v) is 2.16. The van der Waals surface area contributed by atoms with E-state index in [9.17, 15) is 9.59 Å². The molecule has 0 aliphatic heterocycles. The van der Waals surface area contributed by atoms with Crippen LogP contribution in [0.25, 0.3) is 0 Å². The molecule has 1 N–H and O–H groups in total. The van der Waals surface area contributed by atoms with Crippen molar-refractivity contribution >= 4 is 11.9 Å². The van der Waals surface area contributed by atoms with Crippen LogP contribution >= 0.6 is 0 Å². The summed E-state index contributed by atoms with van der Waals surface area (Å²) < 4.78 is 9.46. The average Bonchev–Trinajstić information content (AvgIpc) is 2.34. The van der Waals surface area contributed by atoms with E-state index in [1.54, 1.807) is 6.08 Å². The number of carbonyl (C=O) groups excluding carboxylic acids is 2. The molecule has 96 valence electrons. The summed E-state index contributed by atoms with van der Waals surface area (Å²) in [6.45, 7) is 7.16. The van der Waals surface area contributed by atoms with Gasteiger partial charge in [0, 0.05) is 6.42 Å². The fourth-order valence-corrected chi connectivity index (χ4v) is 1.14. The summed E-state index contributed by atoms with van der Waals surface area (Å²) in [5.41, 5.74) is 0. The summed E-state index contributed by atoms with van der Waals surface area (Å²) in [6, 6.07) is -0.565. The van der Waals surface area contributed by atoms with E-state index in [4.69, 9.17) is 4.74 Å². The third-order valence-electron chi connectivity index (χ3n) is 2.16. The molecule has 0 aromatic heterocycles. The lowest BCUT2D eigenvalue weighted by atomic mass is 10.1. The third kappa shape index (κ3) is 6.40. The Balaban J connectivity index is 4.37. The zero-order chi connectivity index (χ0) is 13.3. The lowest BCUT2D eigenvalue weighted by Crippen LogP contribution is -2.38. The molecule has 17 heavy (non-hydrogen) atoms. The van der Waals surface area contributed by atoms with Gasteiger partial charge in [-0.25, -0.2) is 0 Å². The van der Waals surface area contributed by atoms with Gasteiger partial charge < -0.3 is 14.8 Å². The van der Waals surface area contributed by atoms with Crippen LogP contribution in [0.1, 0.15) is 19.3 Å². The molecule has 0 heterocycles. The Morgan fingerprint density at radius 1 is 1.35 bits per heavy atom. The van der Waals surface area contributed by atoms with Gasteiger partial charge in [0.25, 0.3) is 0 Å². The van der Waals surface area contributed by atoms with E-state index >= 15 is 0 Å². The van der Waals surface area contributed by atoms with Crippen molar-refractivity contribution in [1.82, 2.24) is 5.32 Å². The monoisotopic (exact) mass is 241 g/mol. The smallest absolute Gasteiger partial charge is 0.308 e. The molecular formula is C12H19NO4. The van der Waals surface area contributed by atoms with E-state index in [2.05, 4.69) is 23.2 Å². The topological polar surface area (TPSA) is 64.6 Å². The summed E-state index contributed by atoms with van der Waals surface area (Å²) in [6.07, 6.45) is 2.55. The van der Waals surface area contributed by atoms with E-state index in [1.165, 1.54) is 14.2 Å². The van der Waals surface area contributed by atoms with Gasteiger partial charge in [-0.2, -0.15) is 0 Å². The Kier molecular flexibility index (Phi) is 7.50. The SMILES string of the molecule is C=CCCC(=O)NC(CC(=O)OC)C(=C)OC. The minimum absolute atomic E-state index is 0.00298. The standard InChI is InChI=1S/C12H19NO4/c1-5-6-7-11(14)13-10(9(2)16-3)8-12(15)17-4/h5,10H,1-2,6-8H2,3-4H3,(H,13,14). The highest BCUT2D eigenvalue weighted by atomic mass is 16.5. The summed E-state index contributed by atoms with van der Waals surface area (Å²) >= 11 is 0. The normalized spacial score (nSPS) is 11.2. The van der Waals surface area contributed by atoms with Crippen LogP contribution in [0.5, 0.6) is 0 Å². The summed E-state index contributed by atoms with van der Waals surface area (Å²) in [7, 11) is 2.72. The van der Waals surface area contributed by atoms with Gasteiger partial charge in [0.1, 0.15) is 5.76 Å². The number of ether oxygens (including phenoxy) is 2. The first-order valence-electron chi connectivity index (χ1n) is 5.25. The molecule has 1 atom stereocenters. The lowest BCUT2D eigenvalue weighted by Gasteiger charge is -2.18. The predicted molar refractivity (Wildman–Crippen MR) is 64.1 cm³/mol. The maximum atomic E-state index is 11.5. The van der Waals surface area contributed by atoms with Crippen LogP contribution in [0.15, 0.2) is 25.0 Å². The van der Waals surface area contributed by atoms with Crippen LogP contribution in [0.4, 0.5) is 0 Å². The highest BCUT2D eigenvalue weighted by Gasteiger charge is 2.20. The van der Waals surface area contributed by atoms with Gasteiger partial charge in [0.15, 0.2) is 0 Å². The molecule has 1 amide bonds. The second-order valence-corrected chi connectivity index (χ2v) is 3.40. The van der Waals surface area contributed by atoms with Gasteiger partial charge in [-0.3, -0.25) is 9.59 Å². The second kappa shape index (κ2) is 8.38. The number of esters is 1. The minimum Gasteiger partial charge on any atom is -0.500 e. The Hall–Kier alpha value is -1.78. The average molecular weight is 241 g/mol. The molecule has 0 spiro atoms. The lowest BCUT2D eigenvalue weighted by molar-refractivity contribution is -0.141. The van der Waals surface area contributed by atoms with Crippen molar-refractivity contribution in [2.45, 2.75) is 25.3 Å². The van der Waals surface area contributed by atoms with Crippen molar-refractivity contribution in [3.8, 4) is 0 Å². The Bertz CT molecular complexity index is 299. The molecule has 0 aliphatic rings. The number of amides is 1. The van der Waals surface area contributed by atoms with Gasteiger partial charge in [-0.1, -0.05) is 12.7 Å². The fourth-order valence-electron chi connectivity index (χ4n) is 1.14. The highest BCUT2D eigenvalue weighted by Crippen LogP contribution is 2.07. The van der Waals surface area contributed by atoms with Crippen molar-refractivity contribution in [3.63, 3.8) is 0 Å². The molecule has 0 aromatic carbocycles. The molecule has 0 bridgehead atoms. The molecule has 0 aliphatic carbocycles. The molecular weight excluding hydrogens is 222 g/mol. The fraction of sp³-hybridized carbons (Fsp3) is 0.500. The van der Waals surface area contributed by atoms with Gasteiger partial charge in [0.2, 0.25) is 5.91 Å². The maximum Gasteiger partial charge on any atom is 0.308 e. The number of allylic oxidation sites excluding steroid dienone is 1. The summed E-state index contributed by atoms with van der Waals surface area (Å²) in [4.78, 5) is 22.6. The van der Waals surface area contributed by atoms with Crippen molar-refractivity contribution < 1.29 is 19.1 Å². The van der Waals surface area contributed by atoms with E-state index in [0.717, 1.165) is 0 Å². The van der Waals surface area contributed by atoms with E-state index < -0.39 is 12.0 Å². The number of nitrogens with one attached hydrogen (secondary N) is 1. The van der Waals surface area contributed by atoms with Crippen LogP contribution in [0.2, 0.25) is 0 Å². The van der Waals surface area contributed by atoms with E-state index in [0.29, 0.717) is 18.6 Å². The van der Waals surface area contributed by atoms with Gasteiger partial charge >= 0.3 is 5.97 Å². The van der Waals surface area contributed by atoms with Crippen LogP contribution in [0, 0.1) is 0 Å². The van der Waals surface area contributed by atoms with Gasteiger partial charge in [-0.05, 0) is 6.42 Å². The molecule has 0 radical (unpaired) electrons. The quantitative estimate of drug-likeness (QED) is 0.393. The highest BCUT2D eigenvalue weighted by molar-refractivity contribution is 5.78. The van der Waals surface area contributed by atoms with Crippen LogP contribution < -0.4 is 5.32 Å². The Labute approximate surface area is 101 Å². The van der Waals surface area contributed by atoms with Crippen molar-refractivity contribution in [2.75, 3.05) is 14.2 Å². The van der Waals surface area contributed by atoms with Gasteiger partial charge in [0.05, 0.1) is 26.7 Å². The first kappa shape index (κ1) is 15.2. The number of hydrogen-bond donors (Lipinski definition) is 1. The van der Waals surface area contributed by atoms with Crippen molar-refractivity contribution in [2.24, 2.45) is 0 Å². The Morgan fingerprint density at radius 2 is 2.00 bits per heavy atom. The van der Waals surface area contributed by atoms with Crippen molar-refractivity contribution in [3.05, 3.63) is 25.0 Å². The zero-order valence-electron chi connectivity index (χ0n) is 10.3. The first-order valence-corrected chi connectivity index (χ1v) is 5.25. The van der Waals surface area contributed by atoms with E-state index in [1.807, 2.05) is 0 Å². The number of carbonyl (C=O) groups is 2. The molecule has 0 saturated carbocycles. The first-order chi connectivity index (χ1) is 8.04. The molecule has 1 unspecified atom stereocenters. The van der Waals surface area contributed by atoms with Crippen LogP contribution in [0.3, 0.4) is 0 Å². The zero-order valence-corrected chi connectivity index (χ0v) is 10.3. The molecule has 0 aromatic rings. The maximum absolute atomic E-state index is 11.5. The number of methoxy groups -OCH3 is 2. The number of rotatable bonds is 8. The van der Waals surface area contributed by atoms with Crippen LogP contribution in [-0.2, 0) is 19.1 Å². The minimum atomic E-state index is -0.565. The van der Waals surface area contributed by atoms with Crippen molar-refractivity contribution in [1.29, 1.82) is 0 Å². The molecule has 5 heteroatoms. The summed E-state index contributed by atoms with van der Waals surface area (Å²) in [5, 5.41) is 2.66. The largest absolute Gasteiger partial charge is 0.500 e. The molecule has 0 rings (SSSR count). The van der Waals surface area contributed by atoms with E-state index in [-0.39, 0.29) is 12.3 Å². The van der Waals surface area contributed by atoms with Crippen LogP contribution in [-0.4, -0.2) is 32.1 Å². The summed E-state index contributed by atoms with van der Waals surface area (Å²) in [5.74, 6) is -0.295. The van der Waals surface area contributed by atoms with Gasteiger partial charge in [-0.15, -0.1) is 6.58 Å².